The van der Waals surface area contributed by atoms with E-state index in [1.165, 1.54) is 18.5 Å². The minimum absolute atomic E-state index is 0.0351. The van der Waals surface area contributed by atoms with Crippen LogP contribution in [0.5, 0.6) is 0 Å². The molecule has 0 radical (unpaired) electrons. The normalized spacial score (nSPS) is 11.2. The molecule has 0 bridgehead atoms. The van der Waals surface area contributed by atoms with Gasteiger partial charge < -0.3 is 10.4 Å². The van der Waals surface area contributed by atoms with Crippen LogP contribution < -0.4 is 5.32 Å². The Balaban J connectivity index is 2.51. The highest BCUT2D eigenvalue weighted by atomic mass is 35.5. The average Bonchev–Trinajstić information content (AvgIpc) is 2.54. The Kier molecular flexibility index (Phi) is 5.91. The number of pyridine rings is 1. The molecule has 1 aromatic heterocycles. The number of aldehydes is 1. The van der Waals surface area contributed by atoms with E-state index in [4.69, 9.17) is 16.7 Å². The summed E-state index contributed by atoms with van der Waals surface area (Å²) < 4.78 is 38.9. The fourth-order valence-corrected chi connectivity index (χ4v) is 3.25. The number of hydrogen-bond donors (Lipinski definition) is 2. The second-order valence-corrected chi connectivity index (χ2v) is 6.20. The van der Waals surface area contributed by atoms with Crippen LogP contribution in [0.1, 0.15) is 21.5 Å². The van der Waals surface area contributed by atoms with E-state index in [0.29, 0.717) is 11.2 Å². The molecule has 0 saturated carbocycles. The first kappa shape index (κ1) is 19.1. The highest BCUT2D eigenvalue weighted by molar-refractivity contribution is 7.99. The molecule has 0 aliphatic rings. The molecule has 0 unspecified atom stereocenters. The van der Waals surface area contributed by atoms with E-state index >= 15 is 0 Å². The number of rotatable bonds is 5. The summed E-state index contributed by atoms with van der Waals surface area (Å²) in [6.07, 6.45) is -2.67. The number of halogens is 4. The van der Waals surface area contributed by atoms with Crippen molar-refractivity contribution in [3.63, 3.8) is 0 Å². The van der Waals surface area contributed by atoms with E-state index in [2.05, 4.69) is 4.98 Å². The van der Waals surface area contributed by atoms with Crippen LogP contribution in [0.3, 0.4) is 0 Å². The second kappa shape index (κ2) is 7.75. The Hall–Kier alpha value is -2.26. The molecule has 2 rings (SSSR count). The average molecular weight is 391 g/mol. The van der Waals surface area contributed by atoms with E-state index in [1.807, 2.05) is 5.32 Å². The lowest BCUT2D eigenvalue weighted by Crippen LogP contribution is -2.21. The summed E-state index contributed by atoms with van der Waals surface area (Å²) in [7, 11) is 0. The Labute approximate surface area is 149 Å². The minimum Gasteiger partial charge on any atom is -0.465 e. The van der Waals surface area contributed by atoms with Gasteiger partial charge in [-0.15, -0.1) is 0 Å². The lowest BCUT2D eigenvalue weighted by Gasteiger charge is -2.16. The van der Waals surface area contributed by atoms with Crippen molar-refractivity contribution >= 4 is 35.7 Å². The van der Waals surface area contributed by atoms with Gasteiger partial charge in [0, 0.05) is 34.3 Å². The maximum Gasteiger partial charge on any atom is 0.416 e. The lowest BCUT2D eigenvalue weighted by atomic mass is 10.1. The molecule has 0 aliphatic heterocycles. The minimum atomic E-state index is -4.63. The number of benzene rings is 1. The molecule has 0 saturated heterocycles. The van der Waals surface area contributed by atoms with Crippen LogP contribution in [0, 0.1) is 0 Å². The zero-order valence-electron chi connectivity index (χ0n) is 12.3. The highest BCUT2D eigenvalue weighted by Crippen LogP contribution is 2.41. The van der Waals surface area contributed by atoms with Crippen LogP contribution in [0.15, 0.2) is 40.4 Å². The van der Waals surface area contributed by atoms with Gasteiger partial charge in [-0.05, 0) is 23.8 Å². The van der Waals surface area contributed by atoms with Crippen molar-refractivity contribution in [2.45, 2.75) is 22.5 Å². The number of alkyl halides is 3. The van der Waals surface area contributed by atoms with Crippen LogP contribution in [0.4, 0.5) is 18.0 Å². The van der Waals surface area contributed by atoms with Crippen molar-refractivity contribution in [2.75, 3.05) is 0 Å². The maximum atomic E-state index is 13.0. The summed E-state index contributed by atoms with van der Waals surface area (Å²) in [6.45, 7) is -0.377. The van der Waals surface area contributed by atoms with Crippen LogP contribution >= 0.6 is 23.4 Å². The number of hydrogen-bond acceptors (Lipinski definition) is 4. The summed E-state index contributed by atoms with van der Waals surface area (Å²) >= 11 is 6.93. The fraction of sp³-hybridized carbons (Fsp3) is 0.133. The number of carbonyl (C=O) groups is 2. The molecule has 2 aromatic rings. The Morgan fingerprint density at radius 2 is 2.12 bits per heavy atom. The molecule has 0 fully saturated rings. The second-order valence-electron chi connectivity index (χ2n) is 4.74. The zero-order valence-corrected chi connectivity index (χ0v) is 13.9. The topological polar surface area (TPSA) is 79.3 Å². The number of nitrogens with one attached hydrogen (secondary N) is 1. The molecule has 0 aliphatic carbocycles. The van der Waals surface area contributed by atoms with Gasteiger partial charge in [0.1, 0.15) is 0 Å². The van der Waals surface area contributed by atoms with E-state index in [1.54, 1.807) is 0 Å². The molecular formula is C15H10ClF3N2O3S. The third kappa shape index (κ3) is 4.86. The number of aromatic nitrogens is 1. The van der Waals surface area contributed by atoms with Gasteiger partial charge in [-0.3, -0.25) is 9.78 Å². The van der Waals surface area contributed by atoms with Gasteiger partial charge in [0.25, 0.3) is 0 Å². The third-order valence-electron chi connectivity index (χ3n) is 3.03. The summed E-state index contributed by atoms with van der Waals surface area (Å²) in [4.78, 5) is 26.2. The fourth-order valence-electron chi connectivity index (χ4n) is 1.91. The summed E-state index contributed by atoms with van der Waals surface area (Å²) in [5.74, 6) is 0. The van der Waals surface area contributed by atoms with Gasteiger partial charge in [0.15, 0.2) is 6.29 Å². The van der Waals surface area contributed by atoms with Gasteiger partial charge in [0.2, 0.25) is 0 Å². The molecule has 1 aromatic carbocycles. The number of nitrogens with zero attached hydrogens (tertiary/aromatic N) is 1. The SMILES string of the molecule is O=Cc1ccncc1Sc1c(Cl)cc(C(F)(F)F)cc1CNC(=O)O. The van der Waals surface area contributed by atoms with Crippen molar-refractivity contribution in [3.8, 4) is 0 Å². The first-order valence-electron chi connectivity index (χ1n) is 6.66. The van der Waals surface area contributed by atoms with Crippen LogP contribution in [0.25, 0.3) is 0 Å². The molecule has 2 N–H and O–H groups in total. The van der Waals surface area contributed by atoms with Gasteiger partial charge >= 0.3 is 12.3 Å². The molecule has 25 heavy (non-hydrogen) atoms. The van der Waals surface area contributed by atoms with Crippen LogP contribution in [-0.2, 0) is 12.7 Å². The number of carbonyl (C=O) groups excluding carboxylic acids is 1. The van der Waals surface area contributed by atoms with E-state index < -0.39 is 17.8 Å². The molecule has 10 heteroatoms. The molecular weight excluding hydrogens is 381 g/mol. The molecule has 1 amide bonds. The van der Waals surface area contributed by atoms with Crippen molar-refractivity contribution in [2.24, 2.45) is 0 Å². The summed E-state index contributed by atoms with van der Waals surface area (Å²) in [5, 5.41) is 10.5. The van der Waals surface area contributed by atoms with E-state index in [0.717, 1.165) is 23.9 Å². The highest BCUT2D eigenvalue weighted by Gasteiger charge is 2.32. The predicted octanol–water partition coefficient (Wildman–Crippen LogP) is 4.49. The van der Waals surface area contributed by atoms with E-state index in [9.17, 15) is 22.8 Å². The van der Waals surface area contributed by atoms with Crippen molar-refractivity contribution in [1.82, 2.24) is 10.3 Å². The summed E-state index contributed by atoms with van der Waals surface area (Å²) in [5.41, 5.74) is -0.674. The molecule has 0 spiro atoms. The Morgan fingerprint density at radius 3 is 2.72 bits per heavy atom. The molecule has 132 valence electrons. The van der Waals surface area contributed by atoms with Gasteiger partial charge in [-0.1, -0.05) is 23.4 Å². The maximum absolute atomic E-state index is 13.0. The third-order valence-corrected chi connectivity index (χ3v) is 4.69. The lowest BCUT2D eigenvalue weighted by molar-refractivity contribution is -0.137. The molecule has 1 heterocycles. The van der Waals surface area contributed by atoms with Crippen LogP contribution in [0.2, 0.25) is 5.02 Å². The number of carboxylic acid groups (broad SMARTS) is 1. The monoisotopic (exact) mass is 390 g/mol. The molecule has 0 atom stereocenters. The van der Waals surface area contributed by atoms with Gasteiger partial charge in [-0.25, -0.2) is 4.79 Å². The quantitative estimate of drug-likeness (QED) is 0.735. The largest absolute Gasteiger partial charge is 0.465 e. The number of amides is 1. The zero-order chi connectivity index (χ0) is 18.6. The smallest absolute Gasteiger partial charge is 0.416 e. The van der Waals surface area contributed by atoms with Crippen molar-refractivity contribution in [1.29, 1.82) is 0 Å². The van der Waals surface area contributed by atoms with Gasteiger partial charge in [-0.2, -0.15) is 13.2 Å². The van der Waals surface area contributed by atoms with E-state index in [-0.39, 0.29) is 27.6 Å². The Morgan fingerprint density at radius 1 is 1.40 bits per heavy atom. The van der Waals surface area contributed by atoms with Crippen LogP contribution in [-0.4, -0.2) is 22.5 Å². The summed E-state index contributed by atoms with van der Waals surface area (Å²) in [6, 6.07) is 3.02. The standard InChI is InChI=1S/C15H10ClF3N2O3S/c16-11-4-10(15(17,18)19)3-9(5-21-14(23)24)13(11)25-12-6-20-2-1-8(12)7-22/h1-4,6-7,21H,5H2,(H,23,24). The van der Waals surface area contributed by atoms with Crippen molar-refractivity contribution in [3.05, 3.63) is 52.3 Å². The molecule has 5 nitrogen and oxygen atoms in total. The predicted molar refractivity (Wildman–Crippen MR) is 85.1 cm³/mol. The first-order chi connectivity index (χ1) is 11.7. The Bertz CT molecular complexity index is 815. The van der Waals surface area contributed by atoms with Gasteiger partial charge in [0.05, 0.1) is 10.6 Å². The first-order valence-corrected chi connectivity index (χ1v) is 7.85. The van der Waals surface area contributed by atoms with Crippen molar-refractivity contribution < 1.29 is 27.9 Å².